The number of piperidine rings is 1. The first-order valence-corrected chi connectivity index (χ1v) is 16.3. The maximum absolute atomic E-state index is 15.0. The van der Waals surface area contributed by atoms with Gasteiger partial charge in [-0.25, -0.2) is 8.78 Å². The summed E-state index contributed by atoms with van der Waals surface area (Å²) in [4.78, 5) is 17.5. The third-order valence-corrected chi connectivity index (χ3v) is 10.7. The van der Waals surface area contributed by atoms with Crippen molar-refractivity contribution < 1.29 is 31.9 Å². The highest BCUT2D eigenvalue weighted by Crippen LogP contribution is 2.59. The number of carbonyl (C=O) groups is 1. The molecule has 1 saturated heterocycles. The number of benzene rings is 1. The van der Waals surface area contributed by atoms with Crippen LogP contribution in [0.15, 0.2) is 48.1 Å². The molecule has 2 aromatic rings. The zero-order chi connectivity index (χ0) is 32.2. The summed E-state index contributed by atoms with van der Waals surface area (Å²) in [6.07, 6.45) is -2.17. The largest absolute Gasteiger partial charge is 0.401 e. The highest BCUT2D eigenvalue weighted by molar-refractivity contribution is 5.77. The molecular weight excluding hydrogens is 607 g/mol. The Morgan fingerprint density at radius 2 is 1.80 bits per heavy atom. The number of nitrogens with one attached hydrogen (secondary N) is 1. The van der Waals surface area contributed by atoms with Crippen LogP contribution in [0.1, 0.15) is 68.1 Å². The summed E-state index contributed by atoms with van der Waals surface area (Å²) < 4.78 is 73.5. The lowest BCUT2D eigenvalue weighted by Gasteiger charge is -2.40. The van der Waals surface area contributed by atoms with Crippen molar-refractivity contribution in [1.82, 2.24) is 24.6 Å². The Labute approximate surface area is 264 Å². The summed E-state index contributed by atoms with van der Waals surface area (Å²) in [7, 11) is 0. The van der Waals surface area contributed by atoms with Crippen molar-refractivity contribution in [3.05, 3.63) is 65.3 Å². The average molecular weight is 647 g/mol. The van der Waals surface area contributed by atoms with Crippen molar-refractivity contribution in [2.45, 2.75) is 100 Å². The molecule has 248 valence electrons. The van der Waals surface area contributed by atoms with E-state index in [0.29, 0.717) is 51.1 Å². The molecule has 4 heterocycles. The number of hydrogen-bond acceptors (Lipinski definition) is 6. The fourth-order valence-electron chi connectivity index (χ4n) is 7.87. The smallest absolute Gasteiger partial charge is 0.361 e. The number of anilines is 1. The van der Waals surface area contributed by atoms with E-state index in [4.69, 9.17) is 0 Å². The molecule has 5 atom stereocenters. The van der Waals surface area contributed by atoms with Gasteiger partial charge in [0.25, 0.3) is 0 Å². The van der Waals surface area contributed by atoms with Gasteiger partial charge in [-0.2, -0.15) is 13.2 Å². The number of aromatic nitrogens is 3. The number of nitrogens with zero attached hydrogens (tertiary/aromatic N) is 5. The second kappa shape index (κ2) is 12.0. The summed E-state index contributed by atoms with van der Waals surface area (Å²) >= 11 is 0. The van der Waals surface area contributed by atoms with Crippen LogP contribution in [-0.2, 0) is 23.2 Å². The Morgan fingerprint density at radius 3 is 2.54 bits per heavy atom. The van der Waals surface area contributed by atoms with Crippen molar-refractivity contribution in [1.29, 1.82) is 0 Å². The Kier molecular flexibility index (Phi) is 8.19. The molecule has 5 aliphatic rings. The van der Waals surface area contributed by atoms with Crippen LogP contribution in [-0.4, -0.2) is 86.1 Å². The first kappa shape index (κ1) is 31.3. The number of hydrogen-bond donors (Lipinski definition) is 2. The van der Waals surface area contributed by atoms with Crippen LogP contribution >= 0.6 is 0 Å². The Bertz CT molecular complexity index is 1510. The van der Waals surface area contributed by atoms with E-state index in [0.717, 1.165) is 23.7 Å². The average Bonchev–Trinajstić information content (AvgIpc) is 3.81. The highest BCUT2D eigenvalue weighted by Gasteiger charge is 2.67. The molecule has 2 N–H and O–H groups in total. The lowest BCUT2D eigenvalue weighted by molar-refractivity contribution is -0.163. The number of carbonyl (C=O) groups excluding carboxylic acids is 1. The van der Waals surface area contributed by atoms with Gasteiger partial charge >= 0.3 is 6.18 Å². The van der Waals surface area contributed by atoms with Crippen LogP contribution < -0.4 is 5.32 Å². The van der Waals surface area contributed by atoms with Crippen molar-refractivity contribution >= 4 is 11.6 Å². The van der Waals surface area contributed by atoms with Gasteiger partial charge in [-0.1, -0.05) is 30.4 Å². The number of rotatable bonds is 5. The molecule has 0 radical (unpaired) electrons. The monoisotopic (exact) mass is 646 g/mol. The Balaban J connectivity index is 1.06. The van der Waals surface area contributed by atoms with Gasteiger partial charge in [0, 0.05) is 56.2 Å². The van der Waals surface area contributed by atoms with Gasteiger partial charge in [0.05, 0.1) is 0 Å². The fraction of sp³-hybridized carbons (Fsp3) is 0.606. The number of fused-ring (bicyclic) bond motifs is 2. The normalized spacial score (nSPS) is 30.0. The molecule has 0 spiro atoms. The molecule has 1 amide bonds. The third-order valence-electron chi connectivity index (χ3n) is 10.7. The lowest BCUT2D eigenvalue weighted by atomic mass is 9.85. The summed E-state index contributed by atoms with van der Waals surface area (Å²) in [6, 6.07) is 7.98. The summed E-state index contributed by atoms with van der Waals surface area (Å²) in [5, 5.41) is 22.4. The summed E-state index contributed by atoms with van der Waals surface area (Å²) in [5.41, 5.74) is 0.178. The second-order valence-electron chi connectivity index (χ2n) is 13.4. The molecule has 3 aliphatic heterocycles. The number of alkyl halides is 5. The number of amides is 1. The van der Waals surface area contributed by atoms with Gasteiger partial charge in [-0.3, -0.25) is 9.69 Å². The van der Waals surface area contributed by atoms with Gasteiger partial charge in [-0.15, -0.1) is 10.2 Å². The molecule has 7 rings (SSSR count). The first-order valence-electron chi connectivity index (χ1n) is 16.3. The van der Waals surface area contributed by atoms with E-state index in [1.54, 1.807) is 4.90 Å². The van der Waals surface area contributed by atoms with Gasteiger partial charge in [0.15, 0.2) is 18.7 Å². The number of aliphatic hydroxyl groups excluding tert-OH is 1. The topological polar surface area (TPSA) is 86.5 Å². The molecule has 2 fully saturated rings. The Hall–Kier alpha value is -3.32. The SMILES string of the molecule is O=C(C[C@H]1CC[C@H](C2=CC=CC(F)C2F)Cn2c1nnc2C1(C(F)(F)F)CC1)N1CCC(N2CCc3ccccc3NC2O)CC1. The van der Waals surface area contributed by atoms with Gasteiger partial charge < -0.3 is 19.9 Å². The van der Waals surface area contributed by atoms with Crippen LogP contribution in [0.2, 0.25) is 0 Å². The maximum atomic E-state index is 15.0. The molecule has 46 heavy (non-hydrogen) atoms. The molecule has 1 saturated carbocycles. The summed E-state index contributed by atoms with van der Waals surface area (Å²) in [6.45, 7) is 1.67. The van der Waals surface area contributed by atoms with Crippen LogP contribution in [0.4, 0.5) is 27.6 Å². The molecule has 13 heteroatoms. The van der Waals surface area contributed by atoms with E-state index in [1.165, 1.54) is 16.7 Å². The number of halogens is 5. The van der Waals surface area contributed by atoms with E-state index in [9.17, 15) is 27.5 Å². The highest BCUT2D eigenvalue weighted by atomic mass is 19.4. The van der Waals surface area contributed by atoms with E-state index in [-0.39, 0.29) is 49.2 Å². The zero-order valence-electron chi connectivity index (χ0n) is 25.5. The minimum absolute atomic E-state index is 0.00839. The van der Waals surface area contributed by atoms with Crippen LogP contribution in [0, 0.1) is 5.92 Å². The standard InChI is InChI=1S/C33H39F5N6O2/c34-25-6-3-5-24(28(25)35)22-9-8-21(29-40-41-30(44(29)19-22)32(13-14-32)33(36,37)38)18-27(45)42-15-11-23(12-16-42)43-17-10-20-4-1-2-7-26(20)39-31(43)46/h1-7,21-23,25,28,31,39,46H,8-19H2/t21-,22+,25?,28?,31?/m1/s1. The third kappa shape index (κ3) is 5.63. The van der Waals surface area contributed by atoms with Crippen molar-refractivity contribution in [2.75, 3.05) is 25.0 Å². The minimum Gasteiger partial charge on any atom is -0.361 e. The molecule has 1 aromatic carbocycles. The Morgan fingerprint density at radius 1 is 1.04 bits per heavy atom. The quantitative estimate of drug-likeness (QED) is 0.437. The number of aliphatic hydroxyl groups is 1. The van der Waals surface area contributed by atoms with E-state index in [1.807, 2.05) is 29.2 Å². The molecule has 8 nitrogen and oxygen atoms in total. The molecule has 2 aliphatic carbocycles. The minimum atomic E-state index is -4.52. The van der Waals surface area contributed by atoms with E-state index >= 15 is 4.39 Å². The zero-order valence-corrected chi connectivity index (χ0v) is 25.5. The fourth-order valence-corrected chi connectivity index (χ4v) is 7.87. The second-order valence-corrected chi connectivity index (χ2v) is 13.4. The molecular formula is C33H39F5N6O2. The van der Waals surface area contributed by atoms with Crippen molar-refractivity contribution in [3.63, 3.8) is 0 Å². The van der Waals surface area contributed by atoms with Crippen molar-refractivity contribution in [2.24, 2.45) is 5.92 Å². The van der Waals surface area contributed by atoms with Crippen LogP contribution in [0.5, 0.6) is 0 Å². The van der Waals surface area contributed by atoms with Gasteiger partial charge in [-0.05, 0) is 68.2 Å². The van der Waals surface area contributed by atoms with Crippen LogP contribution in [0.25, 0.3) is 0 Å². The molecule has 0 bridgehead atoms. The van der Waals surface area contributed by atoms with E-state index in [2.05, 4.69) is 15.5 Å². The predicted molar refractivity (Wildman–Crippen MR) is 160 cm³/mol. The van der Waals surface area contributed by atoms with Crippen molar-refractivity contribution in [3.8, 4) is 0 Å². The maximum Gasteiger partial charge on any atom is 0.401 e. The number of para-hydroxylation sites is 1. The van der Waals surface area contributed by atoms with E-state index < -0.39 is 42.1 Å². The number of allylic oxidation sites excluding steroid dienone is 4. The lowest BCUT2D eigenvalue weighted by Crippen LogP contribution is -2.52. The summed E-state index contributed by atoms with van der Waals surface area (Å²) in [5.74, 6) is -1.05. The predicted octanol–water partition coefficient (Wildman–Crippen LogP) is 5.17. The first-order chi connectivity index (χ1) is 22.1. The van der Waals surface area contributed by atoms with Crippen LogP contribution in [0.3, 0.4) is 0 Å². The van der Waals surface area contributed by atoms with Gasteiger partial charge in [0.2, 0.25) is 5.91 Å². The van der Waals surface area contributed by atoms with Gasteiger partial charge in [0.1, 0.15) is 17.1 Å². The molecule has 1 aromatic heterocycles. The number of likely N-dealkylation sites (tertiary alicyclic amines) is 1. The molecule has 3 unspecified atom stereocenters.